The van der Waals surface area contributed by atoms with E-state index in [0.717, 1.165) is 0 Å². The Morgan fingerprint density at radius 3 is 2.45 bits per heavy atom. The highest BCUT2D eigenvalue weighted by molar-refractivity contribution is 4.95. The summed E-state index contributed by atoms with van der Waals surface area (Å²) >= 11 is 0. The minimum atomic E-state index is -1.16. The molecule has 0 unspecified atom stereocenters. The molecule has 3 N–H and O–H groups in total. The van der Waals surface area contributed by atoms with Crippen LogP contribution in [0.1, 0.15) is 0 Å². The van der Waals surface area contributed by atoms with Crippen molar-refractivity contribution in [3.05, 3.63) is 6.29 Å². The zero-order valence-corrected chi connectivity index (χ0v) is 6.10. The first kappa shape index (κ1) is 8.89. The van der Waals surface area contributed by atoms with Crippen LogP contribution in [0, 0.1) is 6.29 Å². The molecule has 0 saturated carbocycles. The van der Waals surface area contributed by atoms with Gasteiger partial charge in [-0.1, -0.05) is 0 Å². The Balaban J connectivity index is 2.53. The Hall–Kier alpha value is -0.200. The van der Waals surface area contributed by atoms with Gasteiger partial charge in [0.05, 0.1) is 6.61 Å². The highest BCUT2D eigenvalue weighted by atomic mass is 16.7. The second kappa shape index (κ2) is 3.46. The molecule has 0 aromatic carbocycles. The molecule has 0 aromatic rings. The average Bonchev–Trinajstić information content (AvgIpc) is 2.30. The summed E-state index contributed by atoms with van der Waals surface area (Å²) in [6, 6.07) is 0. The zero-order valence-electron chi connectivity index (χ0n) is 6.10. The van der Waals surface area contributed by atoms with Crippen LogP contribution in [0.5, 0.6) is 0 Å². The monoisotopic (exact) mass is 163 g/mol. The lowest BCUT2D eigenvalue weighted by molar-refractivity contribution is -0.0631. The van der Waals surface area contributed by atoms with Crippen molar-refractivity contribution in [3.63, 3.8) is 0 Å². The molecule has 65 valence electrons. The second-order valence-electron chi connectivity index (χ2n) is 2.30. The van der Waals surface area contributed by atoms with Gasteiger partial charge in [-0.05, 0) is 0 Å². The molecule has 0 bridgehead atoms. The van der Waals surface area contributed by atoms with E-state index in [-0.39, 0.29) is 12.9 Å². The van der Waals surface area contributed by atoms with E-state index in [1.54, 1.807) is 0 Å². The first-order valence-corrected chi connectivity index (χ1v) is 3.25. The summed E-state index contributed by atoms with van der Waals surface area (Å²) in [6.07, 6.45) is -3.08. The normalized spacial score (nSPS) is 39.8. The molecule has 0 amide bonds. The van der Waals surface area contributed by atoms with Crippen molar-refractivity contribution >= 4 is 0 Å². The van der Waals surface area contributed by atoms with Gasteiger partial charge in [-0.2, -0.15) is 0 Å². The molecule has 0 aromatic heterocycles. The first-order chi connectivity index (χ1) is 5.20. The minimum Gasteiger partial charge on any atom is -0.394 e. The molecule has 1 aliphatic rings. The maximum atomic E-state index is 9.12. The number of ether oxygens (including phenoxy) is 2. The van der Waals surface area contributed by atoms with Gasteiger partial charge in [0.25, 0.3) is 6.29 Å². The molecule has 1 radical (unpaired) electrons. The number of rotatable bonds is 2. The smallest absolute Gasteiger partial charge is 0.256 e. The van der Waals surface area contributed by atoms with Gasteiger partial charge in [0.15, 0.2) is 0 Å². The molecule has 0 aliphatic carbocycles. The predicted molar refractivity (Wildman–Crippen MR) is 34.2 cm³/mol. The average molecular weight is 163 g/mol. The molecule has 11 heavy (non-hydrogen) atoms. The van der Waals surface area contributed by atoms with E-state index >= 15 is 0 Å². The van der Waals surface area contributed by atoms with Gasteiger partial charge in [0, 0.05) is 7.11 Å². The van der Waals surface area contributed by atoms with E-state index in [1.807, 2.05) is 0 Å². The van der Waals surface area contributed by atoms with Gasteiger partial charge in [-0.25, -0.2) is 0 Å². The summed E-state index contributed by atoms with van der Waals surface area (Å²) in [7, 11) is 1.32. The maximum Gasteiger partial charge on any atom is 0.256 e. The third-order valence-corrected chi connectivity index (χ3v) is 1.59. The fourth-order valence-electron chi connectivity index (χ4n) is 0.945. The molecule has 1 aliphatic heterocycles. The van der Waals surface area contributed by atoms with Crippen LogP contribution in [-0.2, 0) is 9.47 Å². The van der Waals surface area contributed by atoms with Crippen LogP contribution in [-0.4, -0.2) is 47.3 Å². The third kappa shape index (κ3) is 1.52. The molecule has 1 fully saturated rings. The van der Waals surface area contributed by atoms with Crippen molar-refractivity contribution in [1.82, 2.24) is 0 Å². The van der Waals surface area contributed by atoms with Crippen LogP contribution in [0.2, 0.25) is 0 Å². The topological polar surface area (TPSA) is 79.2 Å². The van der Waals surface area contributed by atoms with Crippen molar-refractivity contribution in [2.75, 3.05) is 13.7 Å². The SMILES string of the molecule is CO[C]1O[C@H](CO)[C@@H](O)[C@H]1O. The molecule has 1 saturated heterocycles. The van der Waals surface area contributed by atoms with Crippen LogP contribution in [0.4, 0.5) is 0 Å². The lowest BCUT2D eigenvalue weighted by Gasteiger charge is -2.09. The molecular weight excluding hydrogens is 152 g/mol. The fourth-order valence-corrected chi connectivity index (χ4v) is 0.945. The summed E-state index contributed by atoms with van der Waals surface area (Å²) in [4.78, 5) is 0. The zero-order chi connectivity index (χ0) is 8.43. The molecule has 5 nitrogen and oxygen atoms in total. The van der Waals surface area contributed by atoms with E-state index in [9.17, 15) is 0 Å². The summed E-state index contributed by atoms with van der Waals surface area (Å²) in [5, 5.41) is 26.8. The number of hydrogen-bond donors (Lipinski definition) is 3. The molecule has 0 spiro atoms. The second-order valence-corrected chi connectivity index (χ2v) is 2.30. The van der Waals surface area contributed by atoms with Crippen LogP contribution >= 0.6 is 0 Å². The number of aliphatic hydroxyl groups excluding tert-OH is 3. The molecule has 1 rings (SSSR count). The van der Waals surface area contributed by atoms with Gasteiger partial charge >= 0.3 is 0 Å². The van der Waals surface area contributed by atoms with Crippen molar-refractivity contribution in [3.8, 4) is 0 Å². The van der Waals surface area contributed by atoms with Crippen molar-refractivity contribution < 1.29 is 24.8 Å². The van der Waals surface area contributed by atoms with Crippen molar-refractivity contribution in [2.24, 2.45) is 0 Å². The predicted octanol–water partition coefficient (Wildman–Crippen LogP) is -1.76. The van der Waals surface area contributed by atoms with Crippen LogP contribution in [0.3, 0.4) is 0 Å². The molecular formula is C6H11O5. The summed E-state index contributed by atoms with van der Waals surface area (Å²) < 4.78 is 9.43. The first-order valence-electron chi connectivity index (χ1n) is 3.25. The van der Waals surface area contributed by atoms with Gasteiger partial charge < -0.3 is 24.8 Å². The fraction of sp³-hybridized carbons (Fsp3) is 0.833. The van der Waals surface area contributed by atoms with E-state index in [1.165, 1.54) is 7.11 Å². The van der Waals surface area contributed by atoms with Gasteiger partial charge in [-0.3, -0.25) is 0 Å². The molecule has 3 atom stereocenters. The molecule has 1 heterocycles. The minimum absolute atomic E-state index is 0.0449. The lowest BCUT2D eigenvalue weighted by atomic mass is 10.1. The molecule has 5 heteroatoms. The highest BCUT2D eigenvalue weighted by Gasteiger charge is 2.43. The van der Waals surface area contributed by atoms with E-state index in [4.69, 9.17) is 20.1 Å². The van der Waals surface area contributed by atoms with Crippen LogP contribution < -0.4 is 0 Å². The van der Waals surface area contributed by atoms with Gasteiger partial charge in [-0.15, -0.1) is 0 Å². The number of methoxy groups -OCH3 is 1. The summed E-state index contributed by atoms with van der Waals surface area (Å²) in [6.45, 7) is -0.342. The Morgan fingerprint density at radius 2 is 2.18 bits per heavy atom. The largest absolute Gasteiger partial charge is 0.394 e. The van der Waals surface area contributed by atoms with E-state index in [2.05, 4.69) is 4.74 Å². The van der Waals surface area contributed by atoms with Crippen LogP contribution in [0.15, 0.2) is 0 Å². The van der Waals surface area contributed by atoms with Crippen molar-refractivity contribution in [2.45, 2.75) is 18.3 Å². The summed E-state index contributed by atoms with van der Waals surface area (Å²) in [5.41, 5.74) is 0. The number of hydrogen-bond acceptors (Lipinski definition) is 5. The number of aliphatic hydroxyl groups is 3. The standard InChI is InChI=1S/C6H11O5/c1-10-6-5(9)4(8)3(2-7)11-6/h3-5,7-9H,2H2,1H3/t3-,4-,5-/m1/s1. The van der Waals surface area contributed by atoms with E-state index < -0.39 is 18.3 Å². The van der Waals surface area contributed by atoms with Gasteiger partial charge in [0.2, 0.25) is 0 Å². The third-order valence-electron chi connectivity index (χ3n) is 1.59. The Kier molecular flexibility index (Phi) is 2.80. The Morgan fingerprint density at radius 1 is 1.55 bits per heavy atom. The van der Waals surface area contributed by atoms with E-state index in [0.29, 0.717) is 0 Å². The summed E-state index contributed by atoms with van der Waals surface area (Å²) in [5.74, 6) is 0. The van der Waals surface area contributed by atoms with Crippen molar-refractivity contribution in [1.29, 1.82) is 0 Å². The quantitative estimate of drug-likeness (QED) is 0.449. The lowest BCUT2D eigenvalue weighted by Crippen LogP contribution is -2.32. The Labute approximate surface area is 64.2 Å². The maximum absolute atomic E-state index is 9.12. The van der Waals surface area contributed by atoms with Crippen LogP contribution in [0.25, 0.3) is 0 Å². The Bertz CT molecular complexity index is 110. The highest BCUT2D eigenvalue weighted by Crippen LogP contribution is 2.26. The van der Waals surface area contributed by atoms with Gasteiger partial charge in [0.1, 0.15) is 18.3 Å².